The van der Waals surface area contributed by atoms with Crippen molar-refractivity contribution in [2.75, 3.05) is 0 Å². The molecule has 0 spiro atoms. The Morgan fingerprint density at radius 1 is 0.750 bits per heavy atom. The Morgan fingerprint density at radius 3 is 1.50 bits per heavy atom. The molecule has 2 unspecified atom stereocenters. The molecule has 2 aromatic rings. The van der Waals surface area contributed by atoms with Crippen molar-refractivity contribution in [3.8, 4) is 0 Å². The van der Waals surface area contributed by atoms with Gasteiger partial charge < -0.3 is 10.6 Å². The number of pyridine rings is 2. The summed E-state index contributed by atoms with van der Waals surface area (Å²) in [6.45, 7) is 0. The molecule has 2 heterocycles. The summed E-state index contributed by atoms with van der Waals surface area (Å²) in [5.74, 6) is -0.264. The average molecular weight is 324 g/mol. The summed E-state index contributed by atoms with van der Waals surface area (Å²) in [6.07, 6.45) is 10.2. The van der Waals surface area contributed by atoms with E-state index >= 15 is 0 Å². The lowest BCUT2D eigenvalue weighted by Crippen LogP contribution is -2.53. The van der Waals surface area contributed by atoms with E-state index in [0.717, 1.165) is 25.7 Å². The summed E-state index contributed by atoms with van der Waals surface area (Å²) in [7, 11) is 0. The second kappa shape index (κ2) is 7.68. The number of carbonyl (C=O) groups excluding carboxylic acids is 2. The Balaban J connectivity index is 1.65. The van der Waals surface area contributed by atoms with Gasteiger partial charge in [-0.1, -0.05) is 12.8 Å². The Labute approximate surface area is 140 Å². The lowest BCUT2D eigenvalue weighted by Gasteiger charge is -2.32. The fraction of sp³-hybridized carbons (Fsp3) is 0.333. The summed E-state index contributed by atoms with van der Waals surface area (Å²) in [6, 6.07) is 6.60. The molecular weight excluding hydrogens is 304 g/mol. The van der Waals surface area contributed by atoms with Gasteiger partial charge in [0.05, 0.1) is 0 Å². The van der Waals surface area contributed by atoms with Gasteiger partial charge in [0.15, 0.2) is 0 Å². The minimum atomic E-state index is -0.132. The van der Waals surface area contributed by atoms with E-state index in [4.69, 9.17) is 0 Å². The molecule has 0 aromatic carbocycles. The molecule has 1 fully saturated rings. The molecule has 1 aliphatic carbocycles. The van der Waals surface area contributed by atoms with Crippen molar-refractivity contribution in [2.45, 2.75) is 37.8 Å². The van der Waals surface area contributed by atoms with Gasteiger partial charge in [-0.05, 0) is 37.1 Å². The Kier molecular flexibility index (Phi) is 5.15. The SMILES string of the molecule is O=C(NC1CCCCC1NC(=O)c1ccncc1)c1ccncc1. The zero-order valence-corrected chi connectivity index (χ0v) is 13.3. The first-order chi connectivity index (χ1) is 11.7. The van der Waals surface area contributed by atoms with Crippen molar-refractivity contribution < 1.29 is 9.59 Å². The Bertz CT molecular complexity index is 629. The number of hydrogen-bond acceptors (Lipinski definition) is 4. The van der Waals surface area contributed by atoms with E-state index in [0.29, 0.717) is 11.1 Å². The van der Waals surface area contributed by atoms with E-state index in [-0.39, 0.29) is 23.9 Å². The molecule has 2 atom stereocenters. The van der Waals surface area contributed by atoms with Crippen molar-refractivity contribution in [1.29, 1.82) is 0 Å². The maximum absolute atomic E-state index is 12.4. The molecule has 24 heavy (non-hydrogen) atoms. The second-order valence-corrected chi connectivity index (χ2v) is 5.92. The highest BCUT2D eigenvalue weighted by Gasteiger charge is 2.28. The van der Waals surface area contributed by atoms with Crippen molar-refractivity contribution in [2.24, 2.45) is 0 Å². The van der Waals surface area contributed by atoms with Crippen LogP contribution in [0.3, 0.4) is 0 Å². The smallest absolute Gasteiger partial charge is 0.251 e. The molecular formula is C18H20N4O2. The predicted molar refractivity (Wildman–Crippen MR) is 89.5 cm³/mol. The average Bonchev–Trinajstić information content (AvgIpc) is 2.64. The van der Waals surface area contributed by atoms with Gasteiger partial charge in [-0.2, -0.15) is 0 Å². The van der Waals surface area contributed by atoms with Gasteiger partial charge in [0.25, 0.3) is 11.8 Å². The van der Waals surface area contributed by atoms with Crippen LogP contribution in [0, 0.1) is 0 Å². The monoisotopic (exact) mass is 324 g/mol. The van der Waals surface area contributed by atoms with Crippen LogP contribution in [0.4, 0.5) is 0 Å². The van der Waals surface area contributed by atoms with Crippen molar-refractivity contribution in [3.63, 3.8) is 0 Å². The van der Waals surface area contributed by atoms with Gasteiger partial charge in [0.1, 0.15) is 0 Å². The lowest BCUT2D eigenvalue weighted by atomic mass is 9.89. The van der Waals surface area contributed by atoms with Crippen LogP contribution in [0.5, 0.6) is 0 Å². The Morgan fingerprint density at radius 2 is 1.12 bits per heavy atom. The highest BCUT2D eigenvalue weighted by Crippen LogP contribution is 2.19. The minimum absolute atomic E-state index is 0.0646. The Hall–Kier alpha value is -2.76. The highest BCUT2D eigenvalue weighted by molar-refractivity contribution is 5.95. The van der Waals surface area contributed by atoms with Gasteiger partial charge in [-0.3, -0.25) is 19.6 Å². The van der Waals surface area contributed by atoms with E-state index in [9.17, 15) is 9.59 Å². The molecule has 124 valence electrons. The summed E-state index contributed by atoms with van der Waals surface area (Å²) >= 11 is 0. The quantitative estimate of drug-likeness (QED) is 0.900. The largest absolute Gasteiger partial charge is 0.347 e. The van der Waals surface area contributed by atoms with E-state index in [1.807, 2.05) is 0 Å². The predicted octanol–water partition coefficient (Wildman–Crippen LogP) is 1.95. The molecule has 0 aliphatic heterocycles. The highest BCUT2D eigenvalue weighted by atomic mass is 16.2. The van der Waals surface area contributed by atoms with Crippen LogP contribution in [0.1, 0.15) is 46.4 Å². The van der Waals surface area contributed by atoms with Gasteiger partial charge in [-0.15, -0.1) is 0 Å². The molecule has 0 radical (unpaired) electrons. The van der Waals surface area contributed by atoms with Crippen molar-refractivity contribution in [3.05, 3.63) is 60.2 Å². The molecule has 3 rings (SSSR count). The number of carbonyl (C=O) groups is 2. The van der Waals surface area contributed by atoms with Crippen LogP contribution in [0.15, 0.2) is 49.1 Å². The summed E-state index contributed by atoms with van der Waals surface area (Å²) in [4.78, 5) is 32.5. The van der Waals surface area contributed by atoms with Crippen molar-refractivity contribution in [1.82, 2.24) is 20.6 Å². The maximum Gasteiger partial charge on any atom is 0.251 e. The first-order valence-corrected chi connectivity index (χ1v) is 8.16. The summed E-state index contributed by atoms with van der Waals surface area (Å²) in [5, 5.41) is 6.10. The standard InChI is InChI=1S/C18H20N4O2/c23-17(13-5-9-19-10-6-13)21-15-3-1-2-4-16(15)22-18(24)14-7-11-20-12-8-14/h5-12,15-16H,1-4H2,(H,21,23)(H,22,24). The molecule has 6 heteroatoms. The second-order valence-electron chi connectivity index (χ2n) is 5.92. The molecule has 0 bridgehead atoms. The van der Waals surface area contributed by atoms with E-state index in [2.05, 4.69) is 20.6 Å². The van der Waals surface area contributed by atoms with E-state index in [1.165, 1.54) is 0 Å². The van der Waals surface area contributed by atoms with Gasteiger partial charge >= 0.3 is 0 Å². The topological polar surface area (TPSA) is 84.0 Å². The number of nitrogens with one attached hydrogen (secondary N) is 2. The van der Waals surface area contributed by atoms with Gasteiger partial charge in [-0.25, -0.2) is 0 Å². The van der Waals surface area contributed by atoms with E-state index in [1.54, 1.807) is 49.1 Å². The van der Waals surface area contributed by atoms with Crippen molar-refractivity contribution >= 4 is 11.8 Å². The molecule has 2 N–H and O–H groups in total. The number of rotatable bonds is 4. The third kappa shape index (κ3) is 3.95. The lowest BCUT2D eigenvalue weighted by molar-refractivity contribution is 0.0862. The molecule has 1 aliphatic rings. The number of hydrogen-bond donors (Lipinski definition) is 2. The minimum Gasteiger partial charge on any atom is -0.347 e. The fourth-order valence-electron chi connectivity index (χ4n) is 2.99. The zero-order valence-electron chi connectivity index (χ0n) is 13.3. The molecule has 0 saturated heterocycles. The molecule has 1 saturated carbocycles. The summed E-state index contributed by atoms with van der Waals surface area (Å²) in [5.41, 5.74) is 1.16. The van der Waals surface area contributed by atoms with Crippen LogP contribution in [0.2, 0.25) is 0 Å². The van der Waals surface area contributed by atoms with Crippen LogP contribution in [-0.2, 0) is 0 Å². The normalized spacial score (nSPS) is 20.2. The van der Waals surface area contributed by atoms with Gasteiger partial charge in [0.2, 0.25) is 0 Å². The molecule has 2 amide bonds. The molecule has 2 aromatic heterocycles. The maximum atomic E-state index is 12.4. The van der Waals surface area contributed by atoms with Crippen LogP contribution in [-0.4, -0.2) is 33.9 Å². The zero-order chi connectivity index (χ0) is 16.8. The number of nitrogens with zero attached hydrogens (tertiary/aromatic N) is 2. The van der Waals surface area contributed by atoms with Crippen LogP contribution >= 0.6 is 0 Å². The first-order valence-electron chi connectivity index (χ1n) is 8.16. The summed E-state index contributed by atoms with van der Waals surface area (Å²) < 4.78 is 0. The third-order valence-electron chi connectivity index (χ3n) is 4.28. The van der Waals surface area contributed by atoms with Gasteiger partial charge in [0, 0.05) is 48.0 Å². The number of amides is 2. The number of aromatic nitrogens is 2. The molecule has 6 nitrogen and oxygen atoms in total. The fourth-order valence-corrected chi connectivity index (χ4v) is 2.99. The van der Waals surface area contributed by atoms with Crippen LogP contribution < -0.4 is 10.6 Å². The first kappa shape index (κ1) is 16.1. The van der Waals surface area contributed by atoms with Crippen LogP contribution in [0.25, 0.3) is 0 Å². The van der Waals surface area contributed by atoms with E-state index < -0.39 is 0 Å². The third-order valence-corrected chi connectivity index (χ3v) is 4.28.